The first-order valence-corrected chi connectivity index (χ1v) is 13.2. The molecule has 1 atom stereocenters. The third kappa shape index (κ3) is 9.37. The molecule has 0 amide bonds. The average molecular weight is 503 g/mol. The van der Waals surface area contributed by atoms with Crippen LogP contribution in [0, 0.1) is 5.92 Å². The highest BCUT2D eigenvalue weighted by Gasteiger charge is 2.19. The topological polar surface area (TPSA) is 70.0 Å². The summed E-state index contributed by atoms with van der Waals surface area (Å²) < 4.78 is 11.0. The van der Waals surface area contributed by atoms with Gasteiger partial charge in [-0.05, 0) is 68.5 Å². The van der Waals surface area contributed by atoms with Gasteiger partial charge in [0.25, 0.3) is 0 Å². The third-order valence-electron chi connectivity index (χ3n) is 6.14. The molecule has 1 aromatic heterocycles. The van der Waals surface area contributed by atoms with Gasteiger partial charge in [0, 0.05) is 11.8 Å². The highest BCUT2D eigenvalue weighted by molar-refractivity contribution is 5.98. The maximum absolute atomic E-state index is 12.2. The summed E-state index contributed by atoms with van der Waals surface area (Å²) in [6.07, 6.45) is 6.44. The van der Waals surface area contributed by atoms with Crippen LogP contribution in [0.15, 0.2) is 78.1 Å². The number of hydrogen-bond donors (Lipinski definition) is 0. The van der Waals surface area contributed by atoms with Crippen LogP contribution in [0.2, 0.25) is 0 Å². The quantitative estimate of drug-likeness (QED) is 0.0981. The third-order valence-corrected chi connectivity index (χ3v) is 6.14. The molecule has 6 nitrogen and oxygen atoms in total. The Kier molecular flexibility index (Phi) is 11.6. The van der Waals surface area contributed by atoms with Crippen molar-refractivity contribution in [1.82, 2.24) is 4.98 Å². The summed E-state index contributed by atoms with van der Waals surface area (Å²) in [5, 5.41) is 4.21. The van der Waals surface area contributed by atoms with Gasteiger partial charge in [0.15, 0.2) is 6.61 Å². The molecule has 0 saturated heterocycles. The van der Waals surface area contributed by atoms with Gasteiger partial charge < -0.3 is 14.3 Å². The molecule has 0 radical (unpaired) electrons. The Labute approximate surface area is 220 Å². The summed E-state index contributed by atoms with van der Waals surface area (Å²) in [6.45, 7) is 7.10. The maximum atomic E-state index is 12.2. The Morgan fingerprint density at radius 2 is 1.73 bits per heavy atom. The van der Waals surface area contributed by atoms with Crippen LogP contribution in [0.1, 0.15) is 57.6 Å². The van der Waals surface area contributed by atoms with Crippen molar-refractivity contribution in [3.05, 3.63) is 84.1 Å². The van der Waals surface area contributed by atoms with Crippen molar-refractivity contribution in [2.45, 2.75) is 52.9 Å². The van der Waals surface area contributed by atoms with Gasteiger partial charge in [0.05, 0.1) is 23.9 Å². The van der Waals surface area contributed by atoms with Crippen molar-refractivity contribution in [1.29, 1.82) is 0 Å². The number of pyridine rings is 1. The molecule has 3 rings (SSSR count). The zero-order valence-corrected chi connectivity index (χ0v) is 22.2. The fourth-order valence-corrected chi connectivity index (χ4v) is 3.99. The minimum atomic E-state index is -0.0738. The number of aromatic nitrogens is 1. The molecular weight excluding hydrogens is 464 g/mol. The van der Waals surface area contributed by atoms with Gasteiger partial charge in [-0.1, -0.05) is 67.4 Å². The van der Waals surface area contributed by atoms with E-state index in [-0.39, 0.29) is 11.9 Å². The van der Waals surface area contributed by atoms with Crippen LogP contribution >= 0.6 is 0 Å². The molecule has 0 aliphatic rings. The van der Waals surface area contributed by atoms with Gasteiger partial charge >= 0.3 is 5.97 Å². The van der Waals surface area contributed by atoms with Crippen LogP contribution in [-0.4, -0.2) is 36.5 Å². The average Bonchev–Trinajstić information content (AvgIpc) is 2.94. The Bertz CT molecular complexity index is 1100. The smallest absolute Gasteiger partial charge is 0.308 e. The summed E-state index contributed by atoms with van der Waals surface area (Å²) >= 11 is 0. The van der Waals surface area contributed by atoms with Crippen molar-refractivity contribution in [2.24, 2.45) is 11.1 Å². The zero-order chi connectivity index (χ0) is 26.3. The van der Waals surface area contributed by atoms with E-state index in [9.17, 15) is 4.79 Å². The van der Waals surface area contributed by atoms with E-state index in [0.29, 0.717) is 19.8 Å². The molecule has 0 spiro atoms. The molecule has 0 bridgehead atoms. The van der Waals surface area contributed by atoms with Crippen LogP contribution < -0.4 is 4.74 Å². The van der Waals surface area contributed by atoms with Gasteiger partial charge in [-0.15, -0.1) is 0 Å². The van der Waals surface area contributed by atoms with Gasteiger partial charge in [0.1, 0.15) is 12.4 Å². The number of unbranched alkanes of at least 4 members (excludes halogenated alkanes) is 1. The second-order valence-corrected chi connectivity index (χ2v) is 8.92. The van der Waals surface area contributed by atoms with E-state index in [1.807, 2.05) is 68.4 Å². The summed E-state index contributed by atoms with van der Waals surface area (Å²) in [6, 6.07) is 22.0. The number of benzene rings is 2. The van der Waals surface area contributed by atoms with Crippen LogP contribution in [0.25, 0.3) is 11.3 Å². The van der Waals surface area contributed by atoms with Crippen LogP contribution in [0.3, 0.4) is 0 Å². The second-order valence-electron chi connectivity index (χ2n) is 8.92. The molecular formula is C31H38N2O4. The van der Waals surface area contributed by atoms with Gasteiger partial charge in [-0.2, -0.15) is 0 Å². The Morgan fingerprint density at radius 1 is 0.946 bits per heavy atom. The van der Waals surface area contributed by atoms with Gasteiger partial charge in [-0.3, -0.25) is 9.78 Å². The minimum Gasteiger partial charge on any atom is -0.490 e. The summed E-state index contributed by atoms with van der Waals surface area (Å²) in [4.78, 5) is 22.1. The fraction of sp³-hybridized carbons (Fsp3) is 0.387. The summed E-state index contributed by atoms with van der Waals surface area (Å²) in [7, 11) is 0. The molecule has 0 aliphatic carbocycles. The standard InChI is InChI=1S/C31H38N2O4/c1-4-6-9-28(31(34)35-5-2)14-11-25-12-19-29(20-13-25)36-22-23-37-33-24(3)26-15-17-27(18-16-26)30-10-7-8-21-32-30/h7-8,10,12-13,15-21,28H,4-6,9,11,14,22-23H2,1-3H3. The molecule has 1 unspecified atom stereocenters. The van der Waals surface area contributed by atoms with Gasteiger partial charge in [-0.25, -0.2) is 0 Å². The van der Waals surface area contributed by atoms with Crippen molar-refractivity contribution in [3.8, 4) is 17.0 Å². The van der Waals surface area contributed by atoms with Crippen LogP contribution in [-0.2, 0) is 20.8 Å². The van der Waals surface area contributed by atoms with Crippen LogP contribution in [0.5, 0.6) is 5.75 Å². The van der Waals surface area contributed by atoms with E-state index in [1.165, 1.54) is 5.56 Å². The Morgan fingerprint density at radius 3 is 2.41 bits per heavy atom. The highest BCUT2D eigenvalue weighted by Crippen LogP contribution is 2.20. The molecule has 3 aromatic rings. The lowest BCUT2D eigenvalue weighted by molar-refractivity contribution is -0.148. The first kappa shape index (κ1) is 27.9. The van der Waals surface area contributed by atoms with Crippen LogP contribution in [0.4, 0.5) is 0 Å². The molecule has 2 aromatic carbocycles. The minimum absolute atomic E-state index is 0.0317. The predicted molar refractivity (Wildman–Crippen MR) is 148 cm³/mol. The van der Waals surface area contributed by atoms with E-state index < -0.39 is 0 Å². The first-order valence-electron chi connectivity index (χ1n) is 13.2. The first-order chi connectivity index (χ1) is 18.1. The Balaban J connectivity index is 1.39. The summed E-state index contributed by atoms with van der Waals surface area (Å²) in [5.74, 6) is 0.678. The summed E-state index contributed by atoms with van der Waals surface area (Å²) in [5.41, 5.74) is 4.99. The monoisotopic (exact) mass is 502 g/mol. The maximum Gasteiger partial charge on any atom is 0.308 e. The second kappa shape index (κ2) is 15.4. The fourth-order valence-electron chi connectivity index (χ4n) is 3.99. The van der Waals surface area contributed by atoms with E-state index in [4.69, 9.17) is 14.3 Å². The molecule has 37 heavy (non-hydrogen) atoms. The van der Waals surface area contributed by atoms with Crippen molar-refractivity contribution < 1.29 is 19.1 Å². The number of hydrogen-bond acceptors (Lipinski definition) is 6. The van der Waals surface area contributed by atoms with Gasteiger partial charge in [0.2, 0.25) is 0 Å². The normalized spacial score (nSPS) is 12.1. The number of carbonyl (C=O) groups is 1. The number of ether oxygens (including phenoxy) is 2. The van der Waals surface area contributed by atoms with Crippen molar-refractivity contribution >= 4 is 11.7 Å². The Hall–Kier alpha value is -3.67. The van der Waals surface area contributed by atoms with E-state index in [2.05, 4.69) is 29.2 Å². The molecule has 0 N–H and O–H groups in total. The predicted octanol–water partition coefficient (Wildman–Crippen LogP) is 6.87. The lowest BCUT2D eigenvalue weighted by atomic mass is 9.94. The molecule has 196 valence electrons. The zero-order valence-electron chi connectivity index (χ0n) is 22.2. The molecule has 6 heteroatoms. The van der Waals surface area contributed by atoms with E-state index in [1.54, 1.807) is 6.20 Å². The van der Waals surface area contributed by atoms with Crippen molar-refractivity contribution in [2.75, 3.05) is 19.8 Å². The van der Waals surface area contributed by atoms with Crippen molar-refractivity contribution in [3.63, 3.8) is 0 Å². The lowest BCUT2D eigenvalue weighted by Gasteiger charge is -2.15. The number of rotatable bonds is 15. The number of oxime groups is 1. The number of esters is 1. The lowest BCUT2D eigenvalue weighted by Crippen LogP contribution is -2.18. The molecule has 0 aliphatic heterocycles. The van der Waals surface area contributed by atoms with E-state index in [0.717, 1.165) is 60.4 Å². The molecule has 1 heterocycles. The van der Waals surface area contributed by atoms with E-state index >= 15 is 0 Å². The number of nitrogens with zero attached hydrogens (tertiary/aromatic N) is 2. The molecule has 0 saturated carbocycles. The number of aryl methyl sites for hydroxylation is 1. The SMILES string of the molecule is CCCCC(CCc1ccc(OCCON=C(C)c2ccc(-c3ccccn3)cc2)cc1)C(=O)OCC. The number of carbonyl (C=O) groups excluding carboxylic acids is 1. The highest BCUT2D eigenvalue weighted by atomic mass is 16.6. The largest absolute Gasteiger partial charge is 0.490 e. The molecule has 0 fully saturated rings.